The van der Waals surface area contributed by atoms with Gasteiger partial charge in [-0.2, -0.15) is 13.2 Å². The summed E-state index contributed by atoms with van der Waals surface area (Å²) in [6.45, 7) is 1.27. The molecule has 148 valence electrons. The molecule has 1 aromatic rings. The van der Waals surface area contributed by atoms with Crippen LogP contribution in [0.15, 0.2) is 18.2 Å². The Kier molecular flexibility index (Phi) is 5.99. The van der Waals surface area contributed by atoms with Crippen molar-refractivity contribution in [3.05, 3.63) is 34.3 Å². The maximum atomic E-state index is 13.0. The molecule has 0 unspecified atom stereocenters. The van der Waals surface area contributed by atoms with E-state index in [4.69, 9.17) is 11.6 Å². The fourth-order valence-corrected chi connectivity index (χ4v) is 4.16. The van der Waals surface area contributed by atoms with Crippen molar-refractivity contribution in [1.29, 1.82) is 0 Å². The summed E-state index contributed by atoms with van der Waals surface area (Å²) in [5.41, 5.74) is -1.27. The molecule has 1 aliphatic heterocycles. The number of rotatable bonds is 3. The smallest absolute Gasteiger partial charge is 0.339 e. The van der Waals surface area contributed by atoms with Crippen molar-refractivity contribution >= 4 is 23.4 Å². The third-order valence-electron chi connectivity index (χ3n) is 5.34. The van der Waals surface area contributed by atoms with E-state index < -0.39 is 22.7 Å². The Bertz CT molecular complexity index is 717. The predicted octanol–water partition coefficient (Wildman–Crippen LogP) is 4.22. The lowest BCUT2D eigenvalue weighted by atomic mass is 9.89. The number of alkyl halides is 3. The molecule has 2 aliphatic rings. The van der Waals surface area contributed by atoms with Gasteiger partial charge in [-0.25, -0.2) is 0 Å². The first-order valence-electron chi connectivity index (χ1n) is 9.20. The second kappa shape index (κ2) is 8.09. The number of benzene rings is 1. The molecule has 0 radical (unpaired) electrons. The average Bonchev–Trinajstić information content (AvgIpc) is 2.63. The van der Waals surface area contributed by atoms with E-state index in [1.165, 1.54) is 30.2 Å². The molecule has 0 spiro atoms. The van der Waals surface area contributed by atoms with E-state index in [0.717, 1.165) is 25.0 Å². The first-order valence-corrected chi connectivity index (χ1v) is 9.58. The molecule has 4 nitrogen and oxygen atoms in total. The Hall–Kier alpha value is -1.76. The number of carbonyl (C=O) groups excluding carboxylic acids is 2. The summed E-state index contributed by atoms with van der Waals surface area (Å²) in [5, 5.41) is -0.618. The monoisotopic (exact) mass is 402 g/mol. The van der Waals surface area contributed by atoms with Gasteiger partial charge >= 0.3 is 6.18 Å². The molecule has 1 heterocycles. The summed E-state index contributed by atoms with van der Waals surface area (Å²) in [4.78, 5) is 28.1. The summed E-state index contributed by atoms with van der Waals surface area (Å²) in [7, 11) is 0. The van der Waals surface area contributed by atoms with Gasteiger partial charge in [0.25, 0.3) is 5.91 Å². The summed E-state index contributed by atoms with van der Waals surface area (Å²) < 4.78 is 39.0. The first kappa shape index (κ1) is 20.0. The SMILES string of the molecule is O=C1CN(C(=O)c2cccc(C(F)(F)F)c2Cl)CCN1CC1CCCCC1. The Labute approximate surface area is 161 Å². The van der Waals surface area contributed by atoms with Crippen LogP contribution in [0.25, 0.3) is 0 Å². The van der Waals surface area contributed by atoms with Crippen molar-refractivity contribution in [2.24, 2.45) is 5.92 Å². The highest BCUT2D eigenvalue weighted by molar-refractivity contribution is 6.34. The van der Waals surface area contributed by atoms with E-state index in [1.807, 2.05) is 0 Å². The lowest BCUT2D eigenvalue weighted by Gasteiger charge is -2.37. The molecule has 0 N–H and O–H groups in total. The van der Waals surface area contributed by atoms with Crippen LogP contribution in [0.2, 0.25) is 5.02 Å². The number of amides is 2. The Morgan fingerprint density at radius 1 is 1.15 bits per heavy atom. The van der Waals surface area contributed by atoms with Crippen molar-refractivity contribution in [3.63, 3.8) is 0 Å². The maximum Gasteiger partial charge on any atom is 0.417 e. The second-order valence-corrected chi connectivity index (χ2v) is 7.61. The van der Waals surface area contributed by atoms with Gasteiger partial charge in [-0.05, 0) is 30.9 Å². The van der Waals surface area contributed by atoms with Gasteiger partial charge in [-0.1, -0.05) is 36.9 Å². The van der Waals surface area contributed by atoms with Crippen molar-refractivity contribution in [2.45, 2.75) is 38.3 Å². The largest absolute Gasteiger partial charge is 0.417 e. The lowest BCUT2D eigenvalue weighted by molar-refractivity contribution is -0.138. The second-order valence-electron chi connectivity index (χ2n) is 7.24. The molecule has 0 aromatic heterocycles. The lowest BCUT2D eigenvalue weighted by Crippen LogP contribution is -2.53. The maximum absolute atomic E-state index is 13.0. The molecule has 2 fully saturated rings. The number of nitrogens with zero attached hydrogens (tertiary/aromatic N) is 2. The van der Waals surface area contributed by atoms with Gasteiger partial charge in [0.1, 0.15) is 6.54 Å². The highest BCUT2D eigenvalue weighted by atomic mass is 35.5. The molecule has 3 rings (SSSR count). The number of hydrogen-bond acceptors (Lipinski definition) is 2. The van der Waals surface area contributed by atoms with E-state index in [-0.39, 0.29) is 18.0 Å². The topological polar surface area (TPSA) is 40.6 Å². The van der Waals surface area contributed by atoms with Crippen LogP contribution < -0.4 is 0 Å². The Balaban J connectivity index is 1.67. The highest BCUT2D eigenvalue weighted by Crippen LogP contribution is 2.36. The molecule has 1 aliphatic carbocycles. The third kappa shape index (κ3) is 4.57. The average molecular weight is 403 g/mol. The highest BCUT2D eigenvalue weighted by Gasteiger charge is 2.36. The van der Waals surface area contributed by atoms with Gasteiger partial charge in [0.05, 0.1) is 16.1 Å². The van der Waals surface area contributed by atoms with Gasteiger partial charge in [-0.15, -0.1) is 0 Å². The molecule has 1 aromatic carbocycles. The van der Waals surface area contributed by atoms with Gasteiger partial charge in [-0.3, -0.25) is 9.59 Å². The van der Waals surface area contributed by atoms with Gasteiger partial charge in [0.2, 0.25) is 5.91 Å². The fraction of sp³-hybridized carbons (Fsp3) is 0.579. The minimum absolute atomic E-state index is 0.127. The van der Waals surface area contributed by atoms with E-state index in [1.54, 1.807) is 4.90 Å². The summed E-state index contributed by atoms with van der Waals surface area (Å²) >= 11 is 5.84. The van der Waals surface area contributed by atoms with E-state index in [0.29, 0.717) is 25.6 Å². The predicted molar refractivity (Wildman–Crippen MR) is 95.5 cm³/mol. The van der Waals surface area contributed by atoms with Crippen LogP contribution in [0.4, 0.5) is 13.2 Å². The molecular formula is C19H22ClF3N2O2. The summed E-state index contributed by atoms with van der Waals surface area (Å²) in [6.07, 6.45) is 1.21. The van der Waals surface area contributed by atoms with Crippen LogP contribution in [0.5, 0.6) is 0 Å². The molecule has 0 bridgehead atoms. The van der Waals surface area contributed by atoms with E-state index >= 15 is 0 Å². The zero-order chi connectivity index (χ0) is 19.6. The van der Waals surface area contributed by atoms with Crippen molar-refractivity contribution in [3.8, 4) is 0 Å². The standard InChI is InChI=1S/C19H22ClF3N2O2/c20-17-14(7-4-8-15(17)19(21,22)23)18(27)25-10-9-24(16(26)12-25)11-13-5-2-1-3-6-13/h4,7-8,13H,1-3,5-6,9-12H2. The molecule has 1 saturated carbocycles. The Morgan fingerprint density at radius 2 is 1.85 bits per heavy atom. The summed E-state index contributed by atoms with van der Waals surface area (Å²) in [5.74, 6) is -0.303. The van der Waals surface area contributed by atoms with Crippen molar-refractivity contribution in [1.82, 2.24) is 9.80 Å². The van der Waals surface area contributed by atoms with Gasteiger partial charge < -0.3 is 9.80 Å². The van der Waals surface area contributed by atoms with E-state index in [9.17, 15) is 22.8 Å². The van der Waals surface area contributed by atoms with Gasteiger partial charge in [0.15, 0.2) is 0 Å². The molecule has 8 heteroatoms. The quantitative estimate of drug-likeness (QED) is 0.759. The number of piperazine rings is 1. The number of hydrogen-bond donors (Lipinski definition) is 0. The zero-order valence-corrected chi connectivity index (χ0v) is 15.7. The molecule has 1 saturated heterocycles. The number of carbonyl (C=O) groups is 2. The first-order chi connectivity index (χ1) is 12.8. The summed E-state index contributed by atoms with van der Waals surface area (Å²) in [6, 6.07) is 3.26. The third-order valence-corrected chi connectivity index (χ3v) is 5.75. The number of halogens is 4. The molecule has 27 heavy (non-hydrogen) atoms. The Morgan fingerprint density at radius 3 is 2.48 bits per heavy atom. The van der Waals surface area contributed by atoms with Crippen LogP contribution in [0.1, 0.15) is 48.0 Å². The van der Waals surface area contributed by atoms with Crippen LogP contribution in [0, 0.1) is 5.92 Å². The van der Waals surface area contributed by atoms with Crippen LogP contribution in [-0.2, 0) is 11.0 Å². The van der Waals surface area contributed by atoms with Crippen LogP contribution in [-0.4, -0.2) is 47.8 Å². The zero-order valence-electron chi connectivity index (χ0n) is 14.9. The minimum Gasteiger partial charge on any atom is -0.339 e. The van der Waals surface area contributed by atoms with Crippen molar-refractivity contribution in [2.75, 3.05) is 26.2 Å². The van der Waals surface area contributed by atoms with E-state index in [2.05, 4.69) is 0 Å². The minimum atomic E-state index is -4.64. The van der Waals surface area contributed by atoms with Crippen LogP contribution in [0.3, 0.4) is 0 Å². The van der Waals surface area contributed by atoms with Gasteiger partial charge in [0, 0.05) is 19.6 Å². The molecular weight excluding hydrogens is 381 g/mol. The normalized spacial score (nSPS) is 19.5. The molecule has 2 amide bonds. The van der Waals surface area contributed by atoms with Crippen molar-refractivity contribution < 1.29 is 22.8 Å². The fourth-order valence-electron chi connectivity index (χ4n) is 3.84. The molecule has 0 atom stereocenters. The van der Waals surface area contributed by atoms with Crippen LogP contribution >= 0.6 is 11.6 Å².